The van der Waals surface area contributed by atoms with Gasteiger partial charge in [0.1, 0.15) is 11.3 Å². The van der Waals surface area contributed by atoms with Gasteiger partial charge in [0.05, 0.1) is 11.3 Å². The molecule has 106 valence electrons. The molecule has 5 N–H and O–H groups in total. The van der Waals surface area contributed by atoms with Gasteiger partial charge in [0, 0.05) is 11.1 Å². The Labute approximate surface area is 119 Å². The number of benzene rings is 1. The summed E-state index contributed by atoms with van der Waals surface area (Å²) in [6, 6.07) is 4.83. The topological polar surface area (TPSA) is 115 Å². The van der Waals surface area contributed by atoms with Crippen LogP contribution in [0, 0.1) is 0 Å². The smallest absolute Gasteiger partial charge is 0.387 e. The molecule has 2 aromatic rings. The minimum absolute atomic E-state index is 0.00469. The van der Waals surface area contributed by atoms with Crippen LogP contribution in [0.15, 0.2) is 23.2 Å². The number of thiazole rings is 1. The van der Waals surface area contributed by atoms with Crippen LogP contribution in [0.2, 0.25) is 0 Å². The molecule has 1 aromatic carbocycles. The second-order valence-corrected chi connectivity index (χ2v) is 4.97. The molecule has 0 radical (unpaired) electrons. The van der Waals surface area contributed by atoms with Crippen LogP contribution in [0.3, 0.4) is 0 Å². The summed E-state index contributed by atoms with van der Waals surface area (Å²) in [5.74, 6) is -0.339. The Morgan fingerprint density at radius 1 is 1.50 bits per heavy atom. The number of carbonyl (C=O) groups excluding carboxylic acids is 1. The van der Waals surface area contributed by atoms with E-state index in [2.05, 4.69) is 4.99 Å². The molecule has 0 unspecified atom stereocenters. The number of nitrogens with two attached hydrogens (primary N) is 2. The average Bonchev–Trinajstić information content (AvgIpc) is 2.66. The van der Waals surface area contributed by atoms with Gasteiger partial charge in [0.2, 0.25) is 0 Å². The SMILES string of the molecule is CCOC(=O)C[n+]1c(N=C(N)N)sc2cc(O)ccc21. The molecule has 0 bridgehead atoms. The Balaban J connectivity index is 2.52. The highest BCUT2D eigenvalue weighted by Gasteiger charge is 2.22. The number of aliphatic imine (C=N–C) groups is 1. The highest BCUT2D eigenvalue weighted by molar-refractivity contribution is 7.21. The fraction of sp³-hybridized carbons (Fsp3) is 0.250. The van der Waals surface area contributed by atoms with Crippen molar-refractivity contribution in [2.75, 3.05) is 6.61 Å². The summed E-state index contributed by atoms with van der Waals surface area (Å²) < 4.78 is 7.35. The second kappa shape index (κ2) is 5.74. The number of ether oxygens (including phenoxy) is 1. The van der Waals surface area contributed by atoms with E-state index in [1.807, 2.05) is 0 Å². The summed E-state index contributed by atoms with van der Waals surface area (Å²) in [5, 5.41) is 9.97. The van der Waals surface area contributed by atoms with Gasteiger partial charge in [-0.25, -0.2) is 9.36 Å². The highest BCUT2D eigenvalue weighted by Crippen LogP contribution is 2.28. The van der Waals surface area contributed by atoms with Crippen molar-refractivity contribution >= 4 is 38.6 Å². The zero-order valence-corrected chi connectivity index (χ0v) is 11.7. The van der Waals surface area contributed by atoms with Gasteiger partial charge < -0.3 is 21.3 Å². The number of nitrogens with zero attached hydrogens (tertiary/aromatic N) is 2. The lowest BCUT2D eigenvalue weighted by Crippen LogP contribution is -2.38. The molecule has 0 aliphatic rings. The molecular weight excluding hydrogens is 280 g/mol. The zero-order chi connectivity index (χ0) is 14.7. The van der Waals surface area contributed by atoms with Crippen molar-refractivity contribution in [3.8, 4) is 5.75 Å². The number of guanidine groups is 1. The van der Waals surface area contributed by atoms with Gasteiger partial charge >= 0.3 is 17.1 Å². The molecule has 0 spiro atoms. The molecule has 20 heavy (non-hydrogen) atoms. The summed E-state index contributed by atoms with van der Waals surface area (Å²) >= 11 is 1.27. The molecule has 0 aliphatic carbocycles. The normalized spacial score (nSPS) is 10.4. The van der Waals surface area contributed by atoms with Crippen molar-refractivity contribution in [1.29, 1.82) is 0 Å². The van der Waals surface area contributed by atoms with Crippen LogP contribution in [0.1, 0.15) is 6.92 Å². The van der Waals surface area contributed by atoms with Crippen LogP contribution in [0.4, 0.5) is 5.13 Å². The van der Waals surface area contributed by atoms with Gasteiger partial charge in [0.25, 0.3) is 0 Å². The Kier molecular flexibility index (Phi) is 4.04. The maximum atomic E-state index is 11.7. The van der Waals surface area contributed by atoms with Gasteiger partial charge in [-0.2, -0.15) is 0 Å². The monoisotopic (exact) mass is 295 g/mol. The number of esters is 1. The first-order valence-electron chi connectivity index (χ1n) is 5.92. The number of hydrogen-bond acceptors (Lipinski definition) is 5. The largest absolute Gasteiger partial charge is 0.508 e. The molecule has 0 fully saturated rings. The van der Waals surface area contributed by atoms with Crippen molar-refractivity contribution in [3.63, 3.8) is 0 Å². The summed E-state index contributed by atoms with van der Waals surface area (Å²) in [5.41, 5.74) is 11.5. The first kappa shape index (κ1) is 14.1. The molecule has 7 nitrogen and oxygen atoms in total. The Morgan fingerprint density at radius 3 is 2.90 bits per heavy atom. The van der Waals surface area contributed by atoms with Crippen molar-refractivity contribution in [1.82, 2.24) is 0 Å². The number of hydrogen-bond donors (Lipinski definition) is 3. The van der Waals surface area contributed by atoms with Crippen LogP contribution in [0.5, 0.6) is 5.75 Å². The summed E-state index contributed by atoms with van der Waals surface area (Å²) in [7, 11) is 0. The fourth-order valence-corrected chi connectivity index (χ4v) is 2.83. The fourth-order valence-electron chi connectivity index (χ4n) is 1.75. The van der Waals surface area contributed by atoms with E-state index < -0.39 is 0 Å². The highest BCUT2D eigenvalue weighted by atomic mass is 32.1. The van der Waals surface area contributed by atoms with Crippen molar-refractivity contribution in [3.05, 3.63) is 18.2 Å². The third-order valence-electron chi connectivity index (χ3n) is 2.48. The maximum Gasteiger partial charge on any atom is 0.387 e. The zero-order valence-electron chi connectivity index (χ0n) is 10.9. The lowest BCUT2D eigenvalue weighted by Gasteiger charge is -2.00. The molecule has 0 saturated heterocycles. The van der Waals surface area contributed by atoms with E-state index in [0.29, 0.717) is 11.7 Å². The van der Waals surface area contributed by atoms with E-state index in [-0.39, 0.29) is 24.2 Å². The standard InChI is InChI=1S/C12H14N4O3S/c1-2-19-10(18)6-16-8-4-3-7(17)5-9(8)20-12(16)15-11(13)14/h3-5H,2,6H2,1H3,(H4,13,14,17)/p+1. The maximum absolute atomic E-state index is 11.7. The van der Waals surface area contributed by atoms with E-state index >= 15 is 0 Å². The minimum atomic E-state index is -0.377. The van der Waals surface area contributed by atoms with Gasteiger partial charge in [-0.1, -0.05) is 0 Å². The number of rotatable bonds is 4. The van der Waals surface area contributed by atoms with Crippen molar-refractivity contribution in [2.45, 2.75) is 13.5 Å². The summed E-state index contributed by atoms with van der Waals surface area (Å²) in [6.07, 6.45) is 0. The molecule has 0 aliphatic heterocycles. The quantitative estimate of drug-likeness (QED) is 0.326. The molecule has 0 saturated carbocycles. The third-order valence-corrected chi connectivity index (χ3v) is 3.52. The predicted molar refractivity (Wildman–Crippen MR) is 75.8 cm³/mol. The van der Waals surface area contributed by atoms with Gasteiger partial charge in [0.15, 0.2) is 6.54 Å². The first-order chi connectivity index (χ1) is 9.51. The lowest BCUT2D eigenvalue weighted by molar-refractivity contribution is -0.643. The molecular formula is C12H15N4O3S+. The number of carbonyl (C=O) groups is 1. The van der Waals surface area contributed by atoms with E-state index in [1.165, 1.54) is 17.4 Å². The van der Waals surface area contributed by atoms with E-state index in [9.17, 15) is 9.90 Å². The molecule has 1 heterocycles. The lowest BCUT2D eigenvalue weighted by atomic mass is 10.3. The molecule has 1 aromatic heterocycles. The van der Waals surface area contributed by atoms with E-state index in [4.69, 9.17) is 16.2 Å². The number of aromatic hydroxyl groups is 1. The average molecular weight is 295 g/mol. The van der Waals surface area contributed by atoms with Gasteiger partial charge in [-0.05, 0) is 30.4 Å². The second-order valence-electron chi connectivity index (χ2n) is 3.96. The van der Waals surface area contributed by atoms with Crippen LogP contribution in [-0.4, -0.2) is 23.6 Å². The molecule has 0 amide bonds. The van der Waals surface area contributed by atoms with E-state index in [1.54, 1.807) is 23.6 Å². The number of fused-ring (bicyclic) bond motifs is 1. The molecule has 0 atom stereocenters. The third kappa shape index (κ3) is 2.97. The minimum Gasteiger partial charge on any atom is -0.508 e. The molecule has 2 rings (SSSR count). The van der Waals surface area contributed by atoms with Crippen molar-refractivity contribution < 1.29 is 19.2 Å². The van der Waals surface area contributed by atoms with E-state index in [0.717, 1.165) is 10.2 Å². The number of phenols is 1. The van der Waals surface area contributed by atoms with Crippen LogP contribution in [-0.2, 0) is 16.1 Å². The summed E-state index contributed by atoms with van der Waals surface area (Å²) in [6.45, 7) is 2.05. The first-order valence-corrected chi connectivity index (χ1v) is 6.73. The van der Waals surface area contributed by atoms with Crippen LogP contribution < -0.4 is 16.0 Å². The predicted octanol–water partition coefficient (Wildman–Crippen LogP) is 0.362. The Hall–Kier alpha value is -2.35. The Morgan fingerprint density at radius 2 is 2.25 bits per heavy atom. The van der Waals surface area contributed by atoms with Crippen LogP contribution >= 0.6 is 11.3 Å². The Bertz CT molecular complexity index is 677. The number of aromatic nitrogens is 1. The van der Waals surface area contributed by atoms with Crippen molar-refractivity contribution in [2.24, 2.45) is 16.5 Å². The summed E-state index contributed by atoms with van der Waals surface area (Å²) in [4.78, 5) is 15.7. The van der Waals surface area contributed by atoms with Crippen LogP contribution in [0.25, 0.3) is 10.2 Å². The van der Waals surface area contributed by atoms with Gasteiger partial charge in [-0.3, -0.25) is 0 Å². The van der Waals surface area contributed by atoms with Gasteiger partial charge in [-0.15, -0.1) is 0 Å². The number of phenolic OH excluding ortho intramolecular Hbond substituents is 1. The molecule has 8 heteroatoms.